The zero-order chi connectivity index (χ0) is 12.7. The molecule has 0 spiro atoms. The third-order valence-electron chi connectivity index (χ3n) is 2.23. The lowest BCUT2D eigenvalue weighted by Crippen LogP contribution is -2.13. The number of ether oxygens (including phenoxy) is 1. The van der Waals surface area contributed by atoms with E-state index in [1.165, 1.54) is 0 Å². The summed E-state index contributed by atoms with van der Waals surface area (Å²) in [6.45, 7) is 5.38. The Hall–Kier alpha value is -1.18. The van der Waals surface area contributed by atoms with Gasteiger partial charge in [0.2, 0.25) is 0 Å². The van der Waals surface area contributed by atoms with Crippen molar-refractivity contribution >= 4 is 17.4 Å². The number of nitrogens with one attached hydrogen (secondary N) is 1. The molecular formula is C13H18N2OS. The predicted molar refractivity (Wildman–Crippen MR) is 72.5 cm³/mol. The van der Waals surface area contributed by atoms with Crippen LogP contribution < -0.4 is 5.32 Å². The Morgan fingerprint density at radius 3 is 2.82 bits per heavy atom. The summed E-state index contributed by atoms with van der Waals surface area (Å²) in [6.07, 6.45) is 2.21. The number of rotatable bonds is 6. The summed E-state index contributed by atoms with van der Waals surface area (Å²) in [5.74, 6) is 0. The summed E-state index contributed by atoms with van der Waals surface area (Å²) in [5, 5.41) is 12.4. The molecule has 0 aromatic heterocycles. The maximum atomic E-state index is 9.14. The quantitative estimate of drug-likeness (QED) is 0.622. The van der Waals surface area contributed by atoms with Crippen molar-refractivity contribution in [2.75, 3.05) is 24.7 Å². The molecule has 0 atom stereocenters. The van der Waals surface area contributed by atoms with Crippen molar-refractivity contribution < 1.29 is 4.74 Å². The van der Waals surface area contributed by atoms with Crippen LogP contribution in [0.3, 0.4) is 0 Å². The third kappa shape index (κ3) is 4.29. The van der Waals surface area contributed by atoms with Gasteiger partial charge in [0.25, 0.3) is 0 Å². The van der Waals surface area contributed by atoms with E-state index in [4.69, 9.17) is 10.00 Å². The number of nitriles is 1. The van der Waals surface area contributed by atoms with Gasteiger partial charge < -0.3 is 10.1 Å². The van der Waals surface area contributed by atoms with E-state index in [0.29, 0.717) is 18.7 Å². The van der Waals surface area contributed by atoms with E-state index in [1.54, 1.807) is 11.8 Å². The van der Waals surface area contributed by atoms with Crippen LogP contribution in [0.4, 0.5) is 5.69 Å². The van der Waals surface area contributed by atoms with Crippen molar-refractivity contribution in [1.29, 1.82) is 5.26 Å². The minimum Gasteiger partial charge on any atom is -0.382 e. The van der Waals surface area contributed by atoms with Crippen molar-refractivity contribution in [2.45, 2.75) is 24.8 Å². The fraction of sp³-hybridized carbons (Fsp3) is 0.462. The lowest BCUT2D eigenvalue weighted by molar-refractivity contribution is 0.0870. The number of benzene rings is 1. The molecular weight excluding hydrogens is 232 g/mol. The second-order valence-electron chi connectivity index (χ2n) is 3.84. The van der Waals surface area contributed by atoms with E-state index in [2.05, 4.69) is 11.4 Å². The molecule has 1 aromatic rings. The molecule has 0 heterocycles. The molecule has 0 bridgehead atoms. The molecule has 0 radical (unpaired) electrons. The minimum absolute atomic E-state index is 0.241. The summed E-state index contributed by atoms with van der Waals surface area (Å²) >= 11 is 1.58. The van der Waals surface area contributed by atoms with Crippen LogP contribution in [0.5, 0.6) is 0 Å². The molecule has 0 saturated carbocycles. The predicted octanol–water partition coefficient (Wildman–Crippen LogP) is 3.12. The maximum Gasteiger partial charge on any atom is 0.102 e. The molecule has 0 unspecified atom stereocenters. The van der Waals surface area contributed by atoms with Crippen molar-refractivity contribution in [3.05, 3.63) is 23.8 Å². The SMILES string of the molecule is CSc1cccc(NCCOC(C)C)c1C#N. The Labute approximate surface area is 107 Å². The summed E-state index contributed by atoms with van der Waals surface area (Å²) in [4.78, 5) is 1.00. The van der Waals surface area contributed by atoms with Gasteiger partial charge in [-0.3, -0.25) is 0 Å². The lowest BCUT2D eigenvalue weighted by Gasteiger charge is -2.12. The standard InChI is InChI=1S/C13H18N2OS/c1-10(2)16-8-7-15-12-5-4-6-13(17-3)11(12)9-14/h4-6,10,15H,7-8H2,1-3H3. The van der Waals surface area contributed by atoms with Crippen LogP contribution in [0.15, 0.2) is 23.1 Å². The molecule has 0 saturated heterocycles. The molecule has 0 fully saturated rings. The van der Waals surface area contributed by atoms with Gasteiger partial charge in [0.05, 0.1) is 24.0 Å². The molecule has 0 amide bonds. The summed E-state index contributed by atoms with van der Waals surface area (Å²) in [6, 6.07) is 8.08. The molecule has 92 valence electrons. The van der Waals surface area contributed by atoms with Gasteiger partial charge in [-0.25, -0.2) is 0 Å². The molecule has 0 aliphatic rings. The molecule has 4 heteroatoms. The Kier molecular flexibility index (Phi) is 5.88. The van der Waals surface area contributed by atoms with Crippen LogP contribution in [-0.2, 0) is 4.74 Å². The average molecular weight is 250 g/mol. The van der Waals surface area contributed by atoms with Gasteiger partial charge in [-0.2, -0.15) is 5.26 Å². The number of nitrogens with zero attached hydrogens (tertiary/aromatic N) is 1. The maximum absolute atomic E-state index is 9.14. The molecule has 1 aromatic carbocycles. The highest BCUT2D eigenvalue weighted by molar-refractivity contribution is 7.98. The topological polar surface area (TPSA) is 45.0 Å². The second-order valence-corrected chi connectivity index (χ2v) is 4.69. The first-order chi connectivity index (χ1) is 8.19. The van der Waals surface area contributed by atoms with Crippen LogP contribution in [0.25, 0.3) is 0 Å². The number of thioether (sulfide) groups is 1. The van der Waals surface area contributed by atoms with Crippen LogP contribution >= 0.6 is 11.8 Å². The minimum atomic E-state index is 0.241. The molecule has 17 heavy (non-hydrogen) atoms. The van der Waals surface area contributed by atoms with E-state index in [1.807, 2.05) is 38.3 Å². The smallest absolute Gasteiger partial charge is 0.102 e. The van der Waals surface area contributed by atoms with Crippen LogP contribution in [0.1, 0.15) is 19.4 Å². The van der Waals surface area contributed by atoms with Gasteiger partial charge in [0, 0.05) is 11.4 Å². The third-order valence-corrected chi connectivity index (χ3v) is 3.01. The fourth-order valence-corrected chi connectivity index (χ4v) is 2.02. The lowest BCUT2D eigenvalue weighted by atomic mass is 10.2. The van der Waals surface area contributed by atoms with E-state index in [0.717, 1.165) is 10.6 Å². The monoisotopic (exact) mass is 250 g/mol. The molecule has 0 aliphatic heterocycles. The van der Waals surface area contributed by atoms with Crippen LogP contribution in [-0.4, -0.2) is 25.5 Å². The molecule has 1 N–H and O–H groups in total. The highest BCUT2D eigenvalue weighted by Crippen LogP contribution is 2.25. The fourth-order valence-electron chi connectivity index (χ4n) is 1.44. The van der Waals surface area contributed by atoms with E-state index in [-0.39, 0.29) is 6.10 Å². The molecule has 3 nitrogen and oxygen atoms in total. The first-order valence-electron chi connectivity index (χ1n) is 5.61. The van der Waals surface area contributed by atoms with Crippen LogP contribution in [0.2, 0.25) is 0 Å². The largest absolute Gasteiger partial charge is 0.382 e. The first-order valence-corrected chi connectivity index (χ1v) is 6.84. The number of hydrogen-bond acceptors (Lipinski definition) is 4. The number of hydrogen-bond donors (Lipinski definition) is 1. The first kappa shape index (κ1) is 13.9. The van der Waals surface area contributed by atoms with Crippen LogP contribution in [0, 0.1) is 11.3 Å². The Morgan fingerprint density at radius 1 is 1.47 bits per heavy atom. The van der Waals surface area contributed by atoms with E-state index in [9.17, 15) is 0 Å². The summed E-state index contributed by atoms with van der Waals surface area (Å²) in [7, 11) is 0. The Bertz CT molecular complexity index is 399. The Balaban J connectivity index is 2.62. The van der Waals surface area contributed by atoms with Crippen molar-refractivity contribution in [2.24, 2.45) is 0 Å². The summed E-state index contributed by atoms with van der Waals surface area (Å²) < 4.78 is 5.44. The van der Waals surface area contributed by atoms with Gasteiger partial charge in [-0.05, 0) is 32.2 Å². The van der Waals surface area contributed by atoms with Gasteiger partial charge in [-0.1, -0.05) is 6.07 Å². The van der Waals surface area contributed by atoms with E-state index < -0.39 is 0 Å². The zero-order valence-corrected chi connectivity index (χ0v) is 11.3. The van der Waals surface area contributed by atoms with Gasteiger partial charge >= 0.3 is 0 Å². The normalized spacial score (nSPS) is 10.3. The van der Waals surface area contributed by atoms with E-state index >= 15 is 0 Å². The molecule has 1 rings (SSSR count). The van der Waals surface area contributed by atoms with Crippen molar-refractivity contribution in [3.8, 4) is 6.07 Å². The molecule has 0 aliphatic carbocycles. The van der Waals surface area contributed by atoms with Gasteiger partial charge in [0.1, 0.15) is 6.07 Å². The van der Waals surface area contributed by atoms with Crippen molar-refractivity contribution in [3.63, 3.8) is 0 Å². The average Bonchev–Trinajstić information content (AvgIpc) is 2.33. The van der Waals surface area contributed by atoms with Crippen molar-refractivity contribution in [1.82, 2.24) is 0 Å². The highest BCUT2D eigenvalue weighted by Gasteiger charge is 2.06. The summed E-state index contributed by atoms with van der Waals surface area (Å²) in [5.41, 5.74) is 1.59. The number of anilines is 1. The second kappa shape index (κ2) is 7.21. The van der Waals surface area contributed by atoms with Gasteiger partial charge in [-0.15, -0.1) is 11.8 Å². The zero-order valence-electron chi connectivity index (χ0n) is 10.5. The van der Waals surface area contributed by atoms with Gasteiger partial charge in [0.15, 0.2) is 0 Å². The highest BCUT2D eigenvalue weighted by atomic mass is 32.2. The Morgan fingerprint density at radius 2 is 2.24 bits per heavy atom.